The molecule has 0 unspecified atom stereocenters. The van der Waals surface area contributed by atoms with Crippen LogP contribution in [0.5, 0.6) is 0 Å². The summed E-state index contributed by atoms with van der Waals surface area (Å²) in [7, 11) is 0. The number of hydrogen-bond acceptors (Lipinski definition) is 2. The highest BCUT2D eigenvalue weighted by Crippen LogP contribution is 2.19. The van der Waals surface area contributed by atoms with Crippen LogP contribution in [0.3, 0.4) is 0 Å². The van der Waals surface area contributed by atoms with Gasteiger partial charge in [0.25, 0.3) is 0 Å². The molecule has 0 aliphatic rings. The van der Waals surface area contributed by atoms with Gasteiger partial charge in [-0.25, -0.2) is 14.1 Å². The van der Waals surface area contributed by atoms with Crippen molar-refractivity contribution < 1.29 is 4.39 Å². The van der Waals surface area contributed by atoms with E-state index in [0.717, 1.165) is 9.13 Å². The Hall–Kier alpha value is -1.47. The lowest BCUT2D eigenvalue weighted by Gasteiger charge is -2.03. The van der Waals surface area contributed by atoms with Gasteiger partial charge in [-0.15, -0.1) is 0 Å². The van der Waals surface area contributed by atoms with Crippen LogP contribution in [0.1, 0.15) is 5.56 Å². The zero-order valence-corrected chi connectivity index (χ0v) is 13.7. The summed E-state index contributed by atoms with van der Waals surface area (Å²) < 4.78 is 16.4. The summed E-state index contributed by atoms with van der Waals surface area (Å²) in [5.74, 6) is 0.321. The van der Waals surface area contributed by atoms with E-state index in [4.69, 9.17) is 11.6 Å². The number of benzene rings is 2. The second-order valence-corrected chi connectivity index (χ2v) is 6.19. The van der Waals surface area contributed by atoms with Crippen LogP contribution >= 0.6 is 34.2 Å². The fraction of sp³-hybridized carbons (Fsp3) is 0.0667. The summed E-state index contributed by atoms with van der Waals surface area (Å²) in [6.45, 7) is 0.295. The van der Waals surface area contributed by atoms with Crippen molar-refractivity contribution in [2.75, 3.05) is 0 Å². The van der Waals surface area contributed by atoms with Crippen LogP contribution in [0.25, 0.3) is 11.4 Å². The lowest BCUT2D eigenvalue weighted by atomic mass is 10.2. The number of hydrogen-bond donors (Lipinski definition) is 0. The molecule has 0 atom stereocenters. The minimum Gasteiger partial charge on any atom is -0.248 e. The maximum absolute atomic E-state index is 13.7. The van der Waals surface area contributed by atoms with Gasteiger partial charge in [0.15, 0.2) is 5.82 Å². The van der Waals surface area contributed by atoms with Gasteiger partial charge in [0.1, 0.15) is 12.1 Å². The minimum absolute atomic E-state index is 0.295. The van der Waals surface area contributed by atoms with Crippen LogP contribution in [0.15, 0.2) is 48.8 Å². The first-order valence-electron chi connectivity index (χ1n) is 6.21. The predicted octanol–water partition coefficient (Wildman–Crippen LogP) is 4.39. The van der Waals surface area contributed by atoms with Gasteiger partial charge in [-0.2, -0.15) is 5.10 Å². The Morgan fingerprint density at radius 2 is 2.05 bits per heavy atom. The van der Waals surface area contributed by atoms with E-state index in [9.17, 15) is 4.39 Å². The first kappa shape index (κ1) is 14.5. The molecular weight excluding hydrogens is 404 g/mol. The summed E-state index contributed by atoms with van der Waals surface area (Å²) in [6.07, 6.45) is 1.59. The van der Waals surface area contributed by atoms with Crippen LogP contribution in [0, 0.1) is 9.39 Å². The quantitative estimate of drug-likeness (QED) is 0.596. The Bertz CT molecular complexity index is 788. The van der Waals surface area contributed by atoms with Gasteiger partial charge in [-0.1, -0.05) is 23.7 Å². The molecule has 2 aromatic carbocycles. The van der Waals surface area contributed by atoms with Crippen molar-refractivity contribution in [3.8, 4) is 11.4 Å². The zero-order valence-electron chi connectivity index (χ0n) is 10.8. The molecule has 1 aromatic heterocycles. The molecule has 0 spiro atoms. The second-order valence-electron chi connectivity index (χ2n) is 4.51. The van der Waals surface area contributed by atoms with Crippen molar-refractivity contribution in [3.63, 3.8) is 0 Å². The molecular formula is C15H10ClFIN3. The molecule has 106 valence electrons. The van der Waals surface area contributed by atoms with Crippen LogP contribution in [-0.2, 0) is 6.54 Å². The smallest absolute Gasteiger partial charge is 0.181 e. The first-order chi connectivity index (χ1) is 10.1. The molecule has 0 aliphatic carbocycles. The number of nitrogens with zero attached hydrogens (tertiary/aromatic N) is 3. The third-order valence-electron chi connectivity index (χ3n) is 2.96. The molecule has 1 heterocycles. The average Bonchev–Trinajstić information content (AvgIpc) is 2.91. The van der Waals surface area contributed by atoms with E-state index in [0.29, 0.717) is 23.0 Å². The molecule has 0 aliphatic heterocycles. The van der Waals surface area contributed by atoms with E-state index in [1.807, 2.05) is 24.3 Å². The van der Waals surface area contributed by atoms with Gasteiger partial charge in [-0.05, 0) is 52.9 Å². The molecule has 3 rings (SSSR count). The zero-order chi connectivity index (χ0) is 14.8. The number of rotatable bonds is 3. The van der Waals surface area contributed by atoms with Gasteiger partial charge in [0.2, 0.25) is 0 Å². The largest absolute Gasteiger partial charge is 0.248 e. The van der Waals surface area contributed by atoms with Crippen LogP contribution in [0.2, 0.25) is 5.02 Å². The summed E-state index contributed by atoms with van der Waals surface area (Å²) in [5, 5.41) is 4.88. The summed E-state index contributed by atoms with van der Waals surface area (Å²) in [4.78, 5) is 4.27. The maximum Gasteiger partial charge on any atom is 0.181 e. The molecule has 0 fully saturated rings. The fourth-order valence-corrected chi connectivity index (χ4v) is 2.71. The molecule has 0 amide bonds. The Balaban J connectivity index is 1.87. The Morgan fingerprint density at radius 1 is 1.19 bits per heavy atom. The highest BCUT2D eigenvalue weighted by atomic mass is 127. The monoisotopic (exact) mass is 413 g/mol. The van der Waals surface area contributed by atoms with Crippen LogP contribution in [0.4, 0.5) is 4.39 Å². The normalized spacial score (nSPS) is 10.8. The van der Waals surface area contributed by atoms with Crippen molar-refractivity contribution in [3.05, 3.63) is 68.8 Å². The van der Waals surface area contributed by atoms with Crippen LogP contribution in [-0.4, -0.2) is 14.8 Å². The second kappa shape index (κ2) is 6.11. The lowest BCUT2D eigenvalue weighted by Crippen LogP contribution is -2.02. The van der Waals surface area contributed by atoms with Gasteiger partial charge in [0.05, 0.1) is 6.54 Å². The SMILES string of the molecule is Fc1ccc(Cl)cc1Cn1cnc(-c2cccc(I)c2)n1. The van der Waals surface area contributed by atoms with Gasteiger partial charge in [-0.3, -0.25) is 0 Å². The average molecular weight is 414 g/mol. The lowest BCUT2D eigenvalue weighted by molar-refractivity contribution is 0.585. The van der Waals surface area contributed by atoms with E-state index in [-0.39, 0.29) is 5.82 Å². The Kier molecular flexibility index (Phi) is 4.21. The summed E-state index contributed by atoms with van der Waals surface area (Å²) >= 11 is 8.13. The fourth-order valence-electron chi connectivity index (χ4n) is 1.97. The van der Waals surface area contributed by atoms with E-state index in [1.165, 1.54) is 12.1 Å². The Labute approximate surface area is 139 Å². The van der Waals surface area contributed by atoms with Gasteiger partial charge in [0, 0.05) is 19.7 Å². The Morgan fingerprint density at radius 3 is 2.86 bits per heavy atom. The molecule has 0 saturated carbocycles. The van der Waals surface area contributed by atoms with Crippen molar-refractivity contribution in [1.82, 2.24) is 14.8 Å². The molecule has 6 heteroatoms. The minimum atomic E-state index is -0.300. The van der Waals surface area contributed by atoms with Crippen molar-refractivity contribution in [2.45, 2.75) is 6.54 Å². The third-order valence-corrected chi connectivity index (χ3v) is 3.87. The van der Waals surface area contributed by atoms with E-state index >= 15 is 0 Å². The first-order valence-corrected chi connectivity index (χ1v) is 7.67. The van der Waals surface area contributed by atoms with Crippen molar-refractivity contribution in [1.29, 1.82) is 0 Å². The number of aromatic nitrogens is 3. The standard InChI is InChI=1S/C15H10ClFIN3/c16-12-4-5-14(17)11(6-12)8-21-9-19-15(20-21)10-2-1-3-13(18)7-10/h1-7,9H,8H2. The molecule has 0 N–H and O–H groups in total. The molecule has 0 saturated heterocycles. The van der Waals surface area contributed by atoms with E-state index < -0.39 is 0 Å². The highest BCUT2D eigenvalue weighted by Gasteiger charge is 2.08. The highest BCUT2D eigenvalue weighted by molar-refractivity contribution is 14.1. The van der Waals surface area contributed by atoms with Crippen LogP contribution < -0.4 is 0 Å². The van der Waals surface area contributed by atoms with E-state index in [2.05, 4.69) is 32.7 Å². The maximum atomic E-state index is 13.7. The summed E-state index contributed by atoms with van der Waals surface area (Å²) in [5.41, 5.74) is 1.42. The number of halogens is 3. The predicted molar refractivity (Wildman–Crippen MR) is 88.7 cm³/mol. The van der Waals surface area contributed by atoms with E-state index in [1.54, 1.807) is 17.1 Å². The topological polar surface area (TPSA) is 30.7 Å². The van der Waals surface area contributed by atoms with Gasteiger partial charge >= 0.3 is 0 Å². The van der Waals surface area contributed by atoms with Crippen molar-refractivity contribution >= 4 is 34.2 Å². The third kappa shape index (κ3) is 3.41. The van der Waals surface area contributed by atoms with Gasteiger partial charge < -0.3 is 0 Å². The molecule has 0 bridgehead atoms. The molecule has 21 heavy (non-hydrogen) atoms. The molecule has 0 radical (unpaired) electrons. The molecule has 3 nitrogen and oxygen atoms in total. The molecule has 3 aromatic rings. The van der Waals surface area contributed by atoms with Crippen molar-refractivity contribution in [2.24, 2.45) is 0 Å². The summed E-state index contributed by atoms with van der Waals surface area (Å²) in [6, 6.07) is 12.4.